The molecule has 4 fully saturated rings. The van der Waals surface area contributed by atoms with Gasteiger partial charge in [-0.3, -0.25) is 9.59 Å². The lowest BCUT2D eigenvalue weighted by molar-refractivity contribution is -0.129. The highest BCUT2D eigenvalue weighted by molar-refractivity contribution is 6.36. The van der Waals surface area contributed by atoms with E-state index in [4.69, 9.17) is 23.2 Å². The average Bonchev–Trinajstić information content (AvgIpc) is 3.05. The molecule has 2 aromatic carbocycles. The zero-order valence-corrected chi connectivity index (χ0v) is 18.3. The summed E-state index contributed by atoms with van der Waals surface area (Å²) in [6, 6.07) is 8.83. The summed E-state index contributed by atoms with van der Waals surface area (Å²) in [7, 11) is 0. The van der Waals surface area contributed by atoms with Crippen LogP contribution in [0.3, 0.4) is 0 Å². The molecule has 0 spiro atoms. The number of hydrogen-bond acceptors (Lipinski definition) is 2. The molecule has 0 radical (unpaired) electrons. The van der Waals surface area contributed by atoms with E-state index < -0.39 is 11.7 Å². The highest BCUT2D eigenvalue weighted by Crippen LogP contribution is 2.56. The van der Waals surface area contributed by atoms with Crippen LogP contribution < -0.4 is 0 Å². The van der Waals surface area contributed by atoms with Crippen molar-refractivity contribution in [1.82, 2.24) is 0 Å². The minimum atomic E-state index is -0.702. The summed E-state index contributed by atoms with van der Waals surface area (Å²) in [5.74, 6) is -0.678. The van der Waals surface area contributed by atoms with Crippen LogP contribution in [0.4, 0.5) is 4.39 Å². The Morgan fingerprint density at radius 1 is 0.933 bits per heavy atom. The fourth-order valence-electron chi connectivity index (χ4n) is 6.20. The normalized spacial score (nSPS) is 30.1. The molecule has 4 aliphatic carbocycles. The van der Waals surface area contributed by atoms with E-state index in [1.807, 2.05) is 25.1 Å². The Labute approximate surface area is 185 Å². The van der Waals surface area contributed by atoms with E-state index in [1.165, 1.54) is 6.07 Å². The van der Waals surface area contributed by atoms with Crippen LogP contribution in [0.5, 0.6) is 0 Å². The second kappa shape index (κ2) is 7.46. The summed E-state index contributed by atoms with van der Waals surface area (Å²) in [5.41, 5.74) is 2.96. The summed E-state index contributed by atoms with van der Waals surface area (Å²) in [6.07, 6.45) is 4.99. The van der Waals surface area contributed by atoms with Crippen molar-refractivity contribution in [1.29, 1.82) is 0 Å². The first kappa shape index (κ1) is 20.2. The zero-order chi connectivity index (χ0) is 21.2. The molecule has 0 aromatic heterocycles. The van der Waals surface area contributed by atoms with Gasteiger partial charge in [-0.2, -0.15) is 0 Å². The van der Waals surface area contributed by atoms with E-state index in [-0.39, 0.29) is 33.4 Å². The van der Waals surface area contributed by atoms with E-state index in [2.05, 4.69) is 0 Å². The van der Waals surface area contributed by atoms with Gasteiger partial charge in [0, 0.05) is 17.4 Å². The third kappa shape index (κ3) is 2.89. The summed E-state index contributed by atoms with van der Waals surface area (Å²) < 4.78 is 14.3. The maximum Gasteiger partial charge on any atom is 0.160 e. The van der Waals surface area contributed by atoms with Crippen molar-refractivity contribution >= 4 is 34.8 Å². The van der Waals surface area contributed by atoms with Gasteiger partial charge >= 0.3 is 0 Å². The van der Waals surface area contributed by atoms with Crippen molar-refractivity contribution in [2.45, 2.75) is 44.9 Å². The zero-order valence-electron chi connectivity index (χ0n) is 16.8. The molecule has 4 saturated carbocycles. The fraction of sp³-hybridized carbons (Fsp3) is 0.440. The molecule has 4 aliphatic rings. The average molecular weight is 445 g/mol. The third-order valence-electron chi connectivity index (χ3n) is 7.63. The summed E-state index contributed by atoms with van der Waals surface area (Å²) in [4.78, 5) is 27.0. The van der Waals surface area contributed by atoms with Crippen LogP contribution >= 0.6 is 23.2 Å². The minimum absolute atomic E-state index is 0.0325. The number of aryl methyl sites for hydroxylation is 1. The maximum absolute atomic E-state index is 14.3. The molecule has 2 nitrogen and oxygen atoms in total. The molecule has 0 N–H and O–H groups in total. The van der Waals surface area contributed by atoms with Crippen molar-refractivity contribution in [3.05, 3.63) is 57.3 Å². The highest BCUT2D eigenvalue weighted by atomic mass is 35.5. The van der Waals surface area contributed by atoms with Gasteiger partial charge in [0.1, 0.15) is 5.92 Å². The minimum Gasteiger partial charge on any atom is -0.298 e. The molecule has 0 amide bonds. The molecular formula is C25H23Cl2FO2. The molecule has 0 saturated heterocycles. The van der Waals surface area contributed by atoms with Crippen molar-refractivity contribution in [2.75, 3.05) is 0 Å². The van der Waals surface area contributed by atoms with Crippen LogP contribution in [0.2, 0.25) is 10.0 Å². The van der Waals surface area contributed by atoms with Crippen molar-refractivity contribution in [3.63, 3.8) is 0 Å². The first-order chi connectivity index (χ1) is 14.4. The molecule has 0 aliphatic heterocycles. The van der Waals surface area contributed by atoms with E-state index in [9.17, 15) is 14.0 Å². The van der Waals surface area contributed by atoms with Gasteiger partial charge in [0.05, 0.1) is 10.0 Å². The van der Waals surface area contributed by atoms with Crippen molar-refractivity contribution < 1.29 is 14.0 Å². The highest BCUT2D eigenvalue weighted by Gasteiger charge is 2.59. The SMILES string of the molecule is CCc1ccc(-c2ccc(Cl)c(F)c2Cl)cc1C1C(=O)C2C3CCC(CC3)C2C1=O. The molecule has 6 rings (SSSR count). The third-order valence-corrected chi connectivity index (χ3v) is 8.29. The summed E-state index contributed by atoms with van der Waals surface area (Å²) in [6.45, 7) is 2.02. The molecule has 0 heterocycles. The quantitative estimate of drug-likeness (QED) is 0.392. The molecule has 5 heteroatoms. The van der Waals surface area contributed by atoms with Crippen LogP contribution in [0.1, 0.15) is 49.7 Å². The lowest BCUT2D eigenvalue weighted by atomic mass is 9.59. The summed E-state index contributed by atoms with van der Waals surface area (Å²) in [5, 5.41) is -0.0802. The lowest BCUT2D eigenvalue weighted by Crippen LogP contribution is -2.41. The smallest absolute Gasteiger partial charge is 0.160 e. The fourth-order valence-corrected chi connectivity index (χ4v) is 6.68. The lowest BCUT2D eigenvalue weighted by Gasteiger charge is -2.43. The van der Waals surface area contributed by atoms with Gasteiger partial charge in [0.15, 0.2) is 17.4 Å². The largest absolute Gasteiger partial charge is 0.298 e. The Hall–Kier alpha value is -1.71. The van der Waals surface area contributed by atoms with E-state index in [0.717, 1.165) is 43.2 Å². The van der Waals surface area contributed by atoms with Gasteiger partial charge in [-0.1, -0.05) is 48.3 Å². The molecule has 2 atom stereocenters. The predicted molar refractivity (Wildman–Crippen MR) is 116 cm³/mol. The van der Waals surface area contributed by atoms with E-state index >= 15 is 0 Å². The first-order valence-corrected chi connectivity index (χ1v) is 11.5. The Morgan fingerprint density at radius 3 is 2.10 bits per heavy atom. The predicted octanol–water partition coefficient (Wildman–Crippen LogP) is 6.65. The van der Waals surface area contributed by atoms with E-state index in [1.54, 1.807) is 6.07 Å². The molecular weight excluding hydrogens is 422 g/mol. The Balaban J connectivity index is 1.61. The molecule has 2 aromatic rings. The van der Waals surface area contributed by atoms with Gasteiger partial charge in [0.2, 0.25) is 0 Å². The number of benzene rings is 2. The van der Waals surface area contributed by atoms with Gasteiger partial charge < -0.3 is 0 Å². The van der Waals surface area contributed by atoms with Gasteiger partial charge in [-0.05, 0) is 72.8 Å². The summed E-state index contributed by atoms with van der Waals surface area (Å²) >= 11 is 12.1. The van der Waals surface area contributed by atoms with Crippen LogP contribution in [-0.4, -0.2) is 11.6 Å². The number of fused-ring (bicyclic) bond motifs is 2. The number of Topliss-reactive ketones (excluding diaryl/α,β-unsaturated/α-hetero) is 2. The number of carbonyl (C=O) groups is 2. The molecule has 2 bridgehead atoms. The second-order valence-corrected chi connectivity index (χ2v) is 9.74. The standard InChI is InChI=1S/C25H23Cl2FO2/c1-2-12-3-8-15(16-9-10-18(26)23(28)22(16)27)11-17(12)21-24(29)19-13-4-5-14(7-6-13)20(19)25(21)30/h3,8-11,13-14,19-21H,2,4-7H2,1H3. The number of hydrogen-bond donors (Lipinski definition) is 0. The number of halogens is 3. The van der Waals surface area contributed by atoms with E-state index in [0.29, 0.717) is 23.0 Å². The molecule has 156 valence electrons. The topological polar surface area (TPSA) is 34.1 Å². The molecule has 2 unspecified atom stereocenters. The Kier molecular flexibility index (Phi) is 5.02. The Morgan fingerprint density at radius 2 is 1.53 bits per heavy atom. The number of carbonyl (C=O) groups excluding carboxylic acids is 2. The van der Waals surface area contributed by atoms with Crippen LogP contribution in [0.15, 0.2) is 30.3 Å². The second-order valence-electron chi connectivity index (χ2n) is 8.95. The maximum atomic E-state index is 14.3. The van der Waals surface area contributed by atoms with Gasteiger partial charge in [0.25, 0.3) is 0 Å². The van der Waals surface area contributed by atoms with Crippen molar-refractivity contribution in [3.8, 4) is 11.1 Å². The van der Waals surface area contributed by atoms with Gasteiger partial charge in [-0.25, -0.2) is 4.39 Å². The van der Waals surface area contributed by atoms with Gasteiger partial charge in [-0.15, -0.1) is 0 Å². The van der Waals surface area contributed by atoms with Crippen molar-refractivity contribution in [2.24, 2.45) is 23.7 Å². The van der Waals surface area contributed by atoms with Crippen LogP contribution in [0, 0.1) is 29.5 Å². The first-order valence-electron chi connectivity index (χ1n) is 10.8. The monoisotopic (exact) mass is 444 g/mol. The van der Waals surface area contributed by atoms with Crippen LogP contribution in [0.25, 0.3) is 11.1 Å². The number of ketones is 2. The van der Waals surface area contributed by atoms with Crippen LogP contribution in [-0.2, 0) is 16.0 Å². The number of rotatable bonds is 3. The molecule has 30 heavy (non-hydrogen) atoms. The Bertz CT molecular complexity index is 1030.